The SMILES string of the molecule is CC(NCC1CCN(C)C1)C(=O)NC1CCCCC1. The molecule has 1 saturated heterocycles. The maximum atomic E-state index is 12.1. The highest BCUT2D eigenvalue weighted by Gasteiger charge is 2.22. The van der Waals surface area contributed by atoms with Crippen molar-refractivity contribution in [1.29, 1.82) is 0 Å². The maximum Gasteiger partial charge on any atom is 0.237 e. The second-order valence-electron chi connectivity index (χ2n) is 6.39. The van der Waals surface area contributed by atoms with E-state index in [1.807, 2.05) is 6.92 Å². The van der Waals surface area contributed by atoms with Gasteiger partial charge in [-0.05, 0) is 52.2 Å². The van der Waals surface area contributed by atoms with Crippen LogP contribution < -0.4 is 10.6 Å². The predicted molar refractivity (Wildman–Crippen MR) is 78.1 cm³/mol. The third-order valence-corrected chi connectivity index (χ3v) is 4.55. The van der Waals surface area contributed by atoms with Gasteiger partial charge in [0.25, 0.3) is 0 Å². The van der Waals surface area contributed by atoms with Crippen LogP contribution in [0.15, 0.2) is 0 Å². The topological polar surface area (TPSA) is 44.4 Å². The molecule has 1 saturated carbocycles. The summed E-state index contributed by atoms with van der Waals surface area (Å²) in [6.45, 7) is 5.29. The second kappa shape index (κ2) is 7.25. The summed E-state index contributed by atoms with van der Waals surface area (Å²) in [7, 11) is 2.17. The van der Waals surface area contributed by atoms with Crippen molar-refractivity contribution in [2.24, 2.45) is 5.92 Å². The van der Waals surface area contributed by atoms with Crippen LogP contribution in [0.25, 0.3) is 0 Å². The van der Waals surface area contributed by atoms with Crippen LogP contribution >= 0.6 is 0 Å². The quantitative estimate of drug-likeness (QED) is 0.790. The number of nitrogens with one attached hydrogen (secondary N) is 2. The van der Waals surface area contributed by atoms with Crippen molar-refractivity contribution in [1.82, 2.24) is 15.5 Å². The zero-order valence-corrected chi connectivity index (χ0v) is 12.5. The number of rotatable bonds is 5. The molecule has 0 aromatic heterocycles. The van der Waals surface area contributed by atoms with Gasteiger partial charge in [0.05, 0.1) is 6.04 Å². The molecule has 0 bridgehead atoms. The highest BCUT2D eigenvalue weighted by atomic mass is 16.2. The third-order valence-electron chi connectivity index (χ3n) is 4.55. The zero-order chi connectivity index (χ0) is 13.7. The molecule has 1 heterocycles. The first kappa shape index (κ1) is 14.8. The van der Waals surface area contributed by atoms with E-state index in [2.05, 4.69) is 22.6 Å². The van der Waals surface area contributed by atoms with Gasteiger partial charge in [0, 0.05) is 12.6 Å². The first-order valence-electron chi connectivity index (χ1n) is 7.87. The molecule has 2 atom stereocenters. The lowest BCUT2D eigenvalue weighted by Gasteiger charge is -2.25. The minimum absolute atomic E-state index is 0.0622. The highest BCUT2D eigenvalue weighted by Crippen LogP contribution is 2.17. The number of hydrogen-bond acceptors (Lipinski definition) is 3. The number of likely N-dealkylation sites (tertiary alicyclic amines) is 1. The normalized spacial score (nSPS) is 27.4. The van der Waals surface area contributed by atoms with Crippen LogP contribution in [0.3, 0.4) is 0 Å². The van der Waals surface area contributed by atoms with Gasteiger partial charge in [0.1, 0.15) is 0 Å². The summed E-state index contributed by atoms with van der Waals surface area (Å²) in [6.07, 6.45) is 7.43. The Labute approximate surface area is 117 Å². The first-order valence-corrected chi connectivity index (χ1v) is 7.87. The summed E-state index contributed by atoms with van der Waals surface area (Å²) in [6, 6.07) is 0.357. The Morgan fingerprint density at radius 2 is 2.00 bits per heavy atom. The number of amides is 1. The molecule has 2 rings (SSSR count). The molecule has 0 aromatic rings. The number of carbonyl (C=O) groups is 1. The van der Waals surface area contributed by atoms with Gasteiger partial charge in [-0.15, -0.1) is 0 Å². The smallest absolute Gasteiger partial charge is 0.237 e. The molecule has 0 spiro atoms. The molecule has 2 N–H and O–H groups in total. The van der Waals surface area contributed by atoms with E-state index in [1.54, 1.807) is 0 Å². The van der Waals surface area contributed by atoms with Crippen molar-refractivity contribution in [3.8, 4) is 0 Å². The standard InChI is InChI=1S/C15H29N3O/c1-12(16-10-13-8-9-18(2)11-13)15(19)17-14-6-4-3-5-7-14/h12-14,16H,3-11H2,1-2H3,(H,17,19). The Kier molecular flexibility index (Phi) is 5.64. The minimum atomic E-state index is -0.0622. The third kappa shape index (κ3) is 4.77. The maximum absolute atomic E-state index is 12.1. The molecule has 0 aromatic carbocycles. The fraction of sp³-hybridized carbons (Fsp3) is 0.933. The summed E-state index contributed by atoms with van der Waals surface area (Å²) in [5.74, 6) is 0.883. The lowest BCUT2D eigenvalue weighted by atomic mass is 9.95. The van der Waals surface area contributed by atoms with E-state index >= 15 is 0 Å². The van der Waals surface area contributed by atoms with Crippen molar-refractivity contribution in [3.63, 3.8) is 0 Å². The highest BCUT2D eigenvalue weighted by molar-refractivity contribution is 5.81. The minimum Gasteiger partial charge on any atom is -0.352 e. The van der Waals surface area contributed by atoms with E-state index in [0.717, 1.165) is 25.9 Å². The van der Waals surface area contributed by atoms with Gasteiger partial charge >= 0.3 is 0 Å². The molecule has 4 nitrogen and oxygen atoms in total. The van der Waals surface area contributed by atoms with Crippen molar-refractivity contribution in [3.05, 3.63) is 0 Å². The lowest BCUT2D eigenvalue weighted by molar-refractivity contribution is -0.123. The number of carbonyl (C=O) groups excluding carboxylic acids is 1. The van der Waals surface area contributed by atoms with Gasteiger partial charge < -0.3 is 15.5 Å². The molecule has 2 fully saturated rings. The van der Waals surface area contributed by atoms with Crippen molar-refractivity contribution in [2.75, 3.05) is 26.7 Å². The van der Waals surface area contributed by atoms with E-state index in [1.165, 1.54) is 32.2 Å². The largest absolute Gasteiger partial charge is 0.352 e. The van der Waals surface area contributed by atoms with E-state index in [-0.39, 0.29) is 11.9 Å². The molecule has 110 valence electrons. The average molecular weight is 267 g/mol. The Morgan fingerprint density at radius 3 is 2.63 bits per heavy atom. The van der Waals surface area contributed by atoms with Crippen LogP contribution in [0, 0.1) is 5.92 Å². The summed E-state index contributed by atoms with van der Waals surface area (Å²) in [4.78, 5) is 14.5. The molecular weight excluding hydrogens is 238 g/mol. The molecule has 19 heavy (non-hydrogen) atoms. The molecular formula is C15H29N3O. The first-order chi connectivity index (χ1) is 9.15. The van der Waals surface area contributed by atoms with Crippen LogP contribution in [0.4, 0.5) is 0 Å². The van der Waals surface area contributed by atoms with Gasteiger partial charge in [0.2, 0.25) is 5.91 Å². The zero-order valence-electron chi connectivity index (χ0n) is 12.5. The number of nitrogens with zero attached hydrogens (tertiary/aromatic N) is 1. The number of hydrogen-bond donors (Lipinski definition) is 2. The molecule has 2 unspecified atom stereocenters. The summed E-state index contributed by atoms with van der Waals surface area (Å²) in [5.41, 5.74) is 0. The van der Waals surface area contributed by atoms with Crippen molar-refractivity contribution >= 4 is 5.91 Å². The van der Waals surface area contributed by atoms with Crippen LogP contribution in [-0.4, -0.2) is 49.6 Å². The Bertz CT molecular complexity index is 289. The second-order valence-corrected chi connectivity index (χ2v) is 6.39. The summed E-state index contributed by atoms with van der Waals surface area (Å²) >= 11 is 0. The molecule has 2 aliphatic rings. The molecule has 4 heteroatoms. The van der Waals surface area contributed by atoms with Crippen molar-refractivity contribution in [2.45, 2.75) is 57.5 Å². The van der Waals surface area contributed by atoms with E-state index in [0.29, 0.717) is 12.0 Å². The molecule has 1 aliphatic carbocycles. The fourth-order valence-electron chi connectivity index (χ4n) is 3.20. The Hall–Kier alpha value is -0.610. The molecule has 1 aliphatic heterocycles. The van der Waals surface area contributed by atoms with E-state index in [9.17, 15) is 4.79 Å². The average Bonchev–Trinajstić information content (AvgIpc) is 2.83. The van der Waals surface area contributed by atoms with Crippen LogP contribution in [-0.2, 0) is 4.79 Å². The molecule has 1 amide bonds. The summed E-state index contributed by atoms with van der Waals surface area (Å²) in [5, 5.41) is 6.59. The van der Waals surface area contributed by atoms with E-state index in [4.69, 9.17) is 0 Å². The van der Waals surface area contributed by atoms with E-state index < -0.39 is 0 Å². The summed E-state index contributed by atoms with van der Waals surface area (Å²) < 4.78 is 0. The van der Waals surface area contributed by atoms with Crippen LogP contribution in [0.2, 0.25) is 0 Å². The van der Waals surface area contributed by atoms with Crippen molar-refractivity contribution < 1.29 is 4.79 Å². The monoisotopic (exact) mass is 267 g/mol. The molecule has 0 radical (unpaired) electrons. The van der Waals surface area contributed by atoms with Gasteiger partial charge in [-0.1, -0.05) is 19.3 Å². The van der Waals surface area contributed by atoms with Gasteiger partial charge in [-0.25, -0.2) is 0 Å². The van der Waals surface area contributed by atoms with Gasteiger partial charge in [0.15, 0.2) is 0 Å². The lowest BCUT2D eigenvalue weighted by Crippen LogP contribution is -2.47. The predicted octanol–water partition coefficient (Wildman–Crippen LogP) is 1.37. The Balaban J connectivity index is 1.64. The van der Waals surface area contributed by atoms with Gasteiger partial charge in [-0.3, -0.25) is 4.79 Å². The van der Waals surface area contributed by atoms with Crippen LogP contribution in [0.5, 0.6) is 0 Å². The Morgan fingerprint density at radius 1 is 1.26 bits per heavy atom. The van der Waals surface area contributed by atoms with Crippen LogP contribution in [0.1, 0.15) is 45.4 Å². The van der Waals surface area contributed by atoms with Gasteiger partial charge in [-0.2, -0.15) is 0 Å². The fourth-order valence-corrected chi connectivity index (χ4v) is 3.20.